The third-order valence-corrected chi connectivity index (χ3v) is 2.59. The zero-order valence-corrected chi connectivity index (χ0v) is 10.7. The quantitative estimate of drug-likeness (QED) is 0.516. The molecule has 8 nitrogen and oxygen atoms in total. The standard InChI is InChI=1S/C13H10N4O4/c18-16(19)11-6-7-12(13(8-11)17(20)21)15-14-9-10-4-2-1-3-5-10/h1-9,15H/b14-9+. The third-order valence-electron chi connectivity index (χ3n) is 2.59. The third kappa shape index (κ3) is 3.60. The predicted octanol–water partition coefficient (Wildman–Crippen LogP) is 2.95. The number of non-ortho nitro benzene ring substituents is 1. The Bertz CT molecular complexity index is 701. The summed E-state index contributed by atoms with van der Waals surface area (Å²) < 4.78 is 0. The number of benzene rings is 2. The molecule has 0 aliphatic rings. The molecule has 0 amide bonds. The number of nitrogens with one attached hydrogen (secondary N) is 1. The van der Waals surface area contributed by atoms with E-state index in [1.807, 2.05) is 30.3 Å². The van der Waals surface area contributed by atoms with Gasteiger partial charge in [0.1, 0.15) is 5.69 Å². The summed E-state index contributed by atoms with van der Waals surface area (Å²) in [6.45, 7) is 0. The van der Waals surface area contributed by atoms with Gasteiger partial charge in [0.15, 0.2) is 0 Å². The zero-order chi connectivity index (χ0) is 15.2. The summed E-state index contributed by atoms with van der Waals surface area (Å²) in [6.07, 6.45) is 1.49. The van der Waals surface area contributed by atoms with Gasteiger partial charge < -0.3 is 0 Å². The summed E-state index contributed by atoms with van der Waals surface area (Å²) >= 11 is 0. The van der Waals surface area contributed by atoms with E-state index in [0.717, 1.165) is 11.6 Å². The van der Waals surface area contributed by atoms with Gasteiger partial charge in [0.05, 0.1) is 22.1 Å². The fraction of sp³-hybridized carbons (Fsp3) is 0. The lowest BCUT2D eigenvalue weighted by atomic mass is 10.2. The maximum atomic E-state index is 10.9. The first-order chi connectivity index (χ1) is 10.1. The number of nitrogens with zero attached hydrogens (tertiary/aromatic N) is 3. The van der Waals surface area contributed by atoms with Crippen LogP contribution in [0.1, 0.15) is 5.56 Å². The Hall–Kier alpha value is -3.29. The van der Waals surface area contributed by atoms with Crippen molar-refractivity contribution in [2.75, 3.05) is 5.43 Å². The van der Waals surface area contributed by atoms with Crippen molar-refractivity contribution >= 4 is 23.3 Å². The van der Waals surface area contributed by atoms with E-state index in [0.29, 0.717) is 0 Å². The molecule has 0 saturated heterocycles. The second-order valence-corrected chi connectivity index (χ2v) is 4.00. The van der Waals surface area contributed by atoms with Crippen LogP contribution in [-0.2, 0) is 0 Å². The molecule has 0 fully saturated rings. The Morgan fingerprint density at radius 3 is 2.33 bits per heavy atom. The smallest absolute Gasteiger partial charge is 0.272 e. The van der Waals surface area contributed by atoms with Crippen LogP contribution < -0.4 is 5.43 Å². The first-order valence-corrected chi connectivity index (χ1v) is 5.85. The summed E-state index contributed by atoms with van der Waals surface area (Å²) in [7, 11) is 0. The summed E-state index contributed by atoms with van der Waals surface area (Å²) in [5.41, 5.74) is 2.65. The monoisotopic (exact) mass is 286 g/mol. The van der Waals surface area contributed by atoms with E-state index in [9.17, 15) is 20.2 Å². The fourth-order valence-electron chi connectivity index (χ4n) is 1.59. The van der Waals surface area contributed by atoms with Gasteiger partial charge in [-0.15, -0.1) is 0 Å². The normalized spacial score (nSPS) is 10.5. The number of anilines is 1. The van der Waals surface area contributed by atoms with Crippen molar-refractivity contribution in [3.05, 3.63) is 74.3 Å². The second kappa shape index (κ2) is 6.24. The van der Waals surface area contributed by atoms with Crippen LogP contribution in [0.5, 0.6) is 0 Å². The first kappa shape index (κ1) is 14.1. The number of rotatable bonds is 5. The fourth-order valence-corrected chi connectivity index (χ4v) is 1.59. The average Bonchev–Trinajstić information content (AvgIpc) is 2.48. The van der Waals surface area contributed by atoms with Gasteiger partial charge in [-0.05, 0) is 11.6 Å². The molecule has 0 atom stereocenters. The van der Waals surface area contributed by atoms with Gasteiger partial charge in [-0.1, -0.05) is 30.3 Å². The number of nitro groups is 2. The SMILES string of the molecule is O=[N+]([O-])c1ccc(N/N=C/c2ccccc2)c([N+](=O)[O-])c1. The molecule has 2 rings (SSSR count). The highest BCUT2D eigenvalue weighted by atomic mass is 16.6. The van der Waals surface area contributed by atoms with Gasteiger partial charge in [0, 0.05) is 6.07 Å². The topological polar surface area (TPSA) is 111 Å². The Morgan fingerprint density at radius 2 is 1.71 bits per heavy atom. The lowest BCUT2D eigenvalue weighted by Gasteiger charge is -2.01. The van der Waals surface area contributed by atoms with Gasteiger partial charge in [0.25, 0.3) is 5.69 Å². The molecule has 106 valence electrons. The van der Waals surface area contributed by atoms with Gasteiger partial charge in [-0.25, -0.2) is 0 Å². The number of hydrogen-bond donors (Lipinski definition) is 1. The highest BCUT2D eigenvalue weighted by Gasteiger charge is 2.18. The van der Waals surface area contributed by atoms with E-state index in [2.05, 4.69) is 10.5 Å². The number of hydrazone groups is 1. The molecule has 0 radical (unpaired) electrons. The summed E-state index contributed by atoms with van der Waals surface area (Å²) in [5.74, 6) is 0. The number of nitro benzene ring substituents is 2. The van der Waals surface area contributed by atoms with Crippen molar-refractivity contribution in [1.29, 1.82) is 0 Å². The van der Waals surface area contributed by atoms with Gasteiger partial charge in [-0.3, -0.25) is 25.7 Å². The Balaban J connectivity index is 2.22. The predicted molar refractivity (Wildman–Crippen MR) is 77.4 cm³/mol. The van der Waals surface area contributed by atoms with E-state index < -0.39 is 15.5 Å². The van der Waals surface area contributed by atoms with E-state index >= 15 is 0 Å². The molecule has 2 aromatic rings. The van der Waals surface area contributed by atoms with Crippen molar-refractivity contribution in [1.82, 2.24) is 0 Å². The van der Waals surface area contributed by atoms with Crippen LogP contribution >= 0.6 is 0 Å². The Morgan fingerprint density at radius 1 is 1.00 bits per heavy atom. The van der Waals surface area contributed by atoms with E-state index in [1.165, 1.54) is 18.3 Å². The molecule has 8 heteroatoms. The molecule has 0 heterocycles. The van der Waals surface area contributed by atoms with Crippen molar-refractivity contribution in [3.63, 3.8) is 0 Å². The van der Waals surface area contributed by atoms with Crippen LogP contribution in [-0.4, -0.2) is 16.1 Å². The molecular formula is C13H10N4O4. The second-order valence-electron chi connectivity index (χ2n) is 4.00. The van der Waals surface area contributed by atoms with Crippen molar-refractivity contribution in [2.24, 2.45) is 5.10 Å². The molecule has 21 heavy (non-hydrogen) atoms. The molecular weight excluding hydrogens is 276 g/mol. The van der Waals surface area contributed by atoms with E-state index in [1.54, 1.807) is 0 Å². The van der Waals surface area contributed by atoms with Crippen LogP contribution in [0.4, 0.5) is 17.1 Å². The molecule has 0 unspecified atom stereocenters. The van der Waals surface area contributed by atoms with Crippen LogP contribution in [0.2, 0.25) is 0 Å². The minimum Gasteiger partial charge on any atom is -0.272 e. The minimum atomic E-state index is -0.701. The van der Waals surface area contributed by atoms with Crippen LogP contribution in [0.3, 0.4) is 0 Å². The minimum absolute atomic E-state index is 0.0813. The highest BCUT2D eigenvalue weighted by Crippen LogP contribution is 2.28. The van der Waals surface area contributed by atoms with Gasteiger partial charge >= 0.3 is 5.69 Å². The Labute approximate surface area is 119 Å². The molecule has 0 saturated carbocycles. The number of hydrogen-bond acceptors (Lipinski definition) is 6. The molecule has 1 N–H and O–H groups in total. The summed E-state index contributed by atoms with van der Waals surface area (Å²) in [6, 6.07) is 12.5. The molecule has 0 aliphatic heterocycles. The Kier molecular flexibility index (Phi) is 4.20. The van der Waals surface area contributed by atoms with Gasteiger partial charge in [-0.2, -0.15) is 5.10 Å². The van der Waals surface area contributed by atoms with Crippen LogP contribution in [0.15, 0.2) is 53.6 Å². The molecule has 2 aromatic carbocycles. The molecule has 0 aromatic heterocycles. The average molecular weight is 286 g/mol. The molecule has 0 spiro atoms. The van der Waals surface area contributed by atoms with Gasteiger partial charge in [0.2, 0.25) is 0 Å². The maximum Gasteiger partial charge on any atom is 0.301 e. The molecule has 0 bridgehead atoms. The van der Waals surface area contributed by atoms with Crippen LogP contribution in [0.25, 0.3) is 0 Å². The first-order valence-electron chi connectivity index (χ1n) is 5.85. The summed E-state index contributed by atoms with van der Waals surface area (Å²) in [5, 5.41) is 25.4. The lowest BCUT2D eigenvalue weighted by Crippen LogP contribution is -1.98. The maximum absolute atomic E-state index is 10.9. The van der Waals surface area contributed by atoms with E-state index in [4.69, 9.17) is 0 Å². The highest BCUT2D eigenvalue weighted by molar-refractivity contribution is 5.80. The van der Waals surface area contributed by atoms with Crippen LogP contribution in [0, 0.1) is 20.2 Å². The van der Waals surface area contributed by atoms with E-state index in [-0.39, 0.29) is 11.4 Å². The largest absolute Gasteiger partial charge is 0.301 e. The van der Waals surface area contributed by atoms with Crippen molar-refractivity contribution in [2.45, 2.75) is 0 Å². The molecule has 0 aliphatic carbocycles. The lowest BCUT2D eigenvalue weighted by molar-refractivity contribution is -0.393. The summed E-state index contributed by atoms with van der Waals surface area (Å²) in [4.78, 5) is 20.1. The van der Waals surface area contributed by atoms with Crippen molar-refractivity contribution in [3.8, 4) is 0 Å². The zero-order valence-electron chi connectivity index (χ0n) is 10.7. The van der Waals surface area contributed by atoms with Crippen molar-refractivity contribution < 1.29 is 9.85 Å².